The minimum Gasteiger partial charge on any atom is -0.408 e. The van der Waals surface area contributed by atoms with Crippen molar-refractivity contribution in [2.75, 3.05) is 6.54 Å². The lowest BCUT2D eigenvalue weighted by molar-refractivity contribution is -0.121. The molecule has 3 aromatic heterocycles. The van der Waals surface area contributed by atoms with Gasteiger partial charge in [0.05, 0.1) is 16.8 Å². The zero-order chi connectivity index (χ0) is 21.4. The van der Waals surface area contributed by atoms with Gasteiger partial charge < -0.3 is 9.73 Å². The van der Waals surface area contributed by atoms with Gasteiger partial charge in [-0.2, -0.15) is 4.98 Å². The second-order valence-electron chi connectivity index (χ2n) is 6.86. The molecule has 156 valence electrons. The maximum atomic E-state index is 14.0. The average molecular weight is 437 g/mol. The second kappa shape index (κ2) is 7.80. The Bertz CT molecular complexity index is 1460. The minimum atomic E-state index is -0.570. The van der Waals surface area contributed by atoms with Crippen LogP contribution >= 0.6 is 11.3 Å². The number of aromatic nitrogens is 4. The molecular formula is C21H16FN5O3S. The van der Waals surface area contributed by atoms with Crippen LogP contribution in [0.4, 0.5) is 4.39 Å². The Morgan fingerprint density at radius 1 is 1.16 bits per heavy atom. The van der Waals surface area contributed by atoms with Gasteiger partial charge in [0.1, 0.15) is 12.4 Å². The molecule has 0 atom stereocenters. The van der Waals surface area contributed by atoms with Gasteiger partial charge in [0, 0.05) is 18.3 Å². The van der Waals surface area contributed by atoms with Gasteiger partial charge in [-0.25, -0.2) is 13.7 Å². The molecule has 5 aromatic rings. The molecule has 0 saturated carbocycles. The van der Waals surface area contributed by atoms with E-state index in [1.165, 1.54) is 22.0 Å². The quantitative estimate of drug-likeness (QED) is 0.441. The fourth-order valence-electron chi connectivity index (χ4n) is 3.35. The normalized spacial score (nSPS) is 11.4. The molecule has 0 bridgehead atoms. The van der Waals surface area contributed by atoms with Crippen molar-refractivity contribution in [2.24, 2.45) is 0 Å². The van der Waals surface area contributed by atoms with Crippen molar-refractivity contribution in [1.29, 1.82) is 0 Å². The monoisotopic (exact) mass is 437 g/mol. The van der Waals surface area contributed by atoms with E-state index < -0.39 is 5.76 Å². The number of nitrogens with zero attached hydrogens (tertiary/aromatic N) is 4. The van der Waals surface area contributed by atoms with Gasteiger partial charge in [0.2, 0.25) is 10.9 Å². The summed E-state index contributed by atoms with van der Waals surface area (Å²) in [5.41, 5.74) is 2.21. The molecular weight excluding hydrogens is 421 g/mol. The van der Waals surface area contributed by atoms with Crippen LogP contribution in [0.2, 0.25) is 0 Å². The molecule has 3 heterocycles. The third-order valence-corrected chi connectivity index (χ3v) is 5.71. The molecule has 31 heavy (non-hydrogen) atoms. The van der Waals surface area contributed by atoms with E-state index in [2.05, 4.69) is 15.4 Å². The number of para-hydroxylation sites is 2. The lowest BCUT2D eigenvalue weighted by Gasteiger charge is -2.05. The molecule has 1 N–H and O–H groups in total. The van der Waals surface area contributed by atoms with Gasteiger partial charge in [-0.3, -0.25) is 9.36 Å². The highest BCUT2D eigenvalue weighted by Gasteiger charge is 2.15. The number of rotatable bonds is 6. The fraction of sp³-hybridized carbons (Fsp3) is 0.143. The SMILES string of the molecule is O=C(Cn1c(=O)oc2ccccc21)NCCc1csc2nc(-c3ccccc3F)nn12. The van der Waals surface area contributed by atoms with Crippen LogP contribution in [0.1, 0.15) is 5.69 Å². The number of fused-ring (bicyclic) bond motifs is 2. The van der Waals surface area contributed by atoms with Gasteiger partial charge in [-0.15, -0.1) is 16.4 Å². The number of hydrogen-bond donors (Lipinski definition) is 1. The van der Waals surface area contributed by atoms with Gasteiger partial charge in [0.25, 0.3) is 0 Å². The van der Waals surface area contributed by atoms with Gasteiger partial charge in [-0.1, -0.05) is 24.3 Å². The van der Waals surface area contributed by atoms with Crippen LogP contribution < -0.4 is 11.1 Å². The molecule has 8 nitrogen and oxygen atoms in total. The summed E-state index contributed by atoms with van der Waals surface area (Å²) < 4.78 is 22.1. The van der Waals surface area contributed by atoms with Crippen LogP contribution in [-0.4, -0.2) is 31.6 Å². The van der Waals surface area contributed by atoms with Crippen LogP contribution in [0.15, 0.2) is 63.1 Å². The van der Waals surface area contributed by atoms with Crippen LogP contribution in [-0.2, 0) is 17.8 Å². The van der Waals surface area contributed by atoms with E-state index in [-0.39, 0.29) is 18.3 Å². The largest absolute Gasteiger partial charge is 0.420 e. The van der Waals surface area contributed by atoms with Crippen molar-refractivity contribution >= 4 is 33.3 Å². The molecule has 0 aliphatic carbocycles. The van der Waals surface area contributed by atoms with E-state index in [4.69, 9.17) is 4.42 Å². The number of carbonyl (C=O) groups excluding carboxylic acids is 1. The first-order valence-corrected chi connectivity index (χ1v) is 10.4. The van der Waals surface area contributed by atoms with Crippen molar-refractivity contribution in [3.63, 3.8) is 0 Å². The summed E-state index contributed by atoms with van der Waals surface area (Å²) in [6, 6.07) is 13.3. The molecule has 10 heteroatoms. The molecule has 1 amide bonds. The van der Waals surface area contributed by atoms with Gasteiger partial charge >= 0.3 is 5.76 Å². The Labute approximate surface area is 178 Å². The second-order valence-corrected chi connectivity index (χ2v) is 7.70. The zero-order valence-corrected chi connectivity index (χ0v) is 16.9. The number of thiazole rings is 1. The summed E-state index contributed by atoms with van der Waals surface area (Å²) in [4.78, 5) is 29.4. The lowest BCUT2D eigenvalue weighted by Crippen LogP contribution is -2.32. The first kappa shape index (κ1) is 19.2. The number of nitrogens with one attached hydrogen (secondary N) is 1. The summed E-state index contributed by atoms with van der Waals surface area (Å²) in [6.07, 6.45) is 0.507. The third-order valence-electron chi connectivity index (χ3n) is 4.84. The highest BCUT2D eigenvalue weighted by Crippen LogP contribution is 2.23. The molecule has 5 rings (SSSR count). The average Bonchev–Trinajstić information content (AvgIpc) is 3.43. The Kier molecular flexibility index (Phi) is 4.83. The zero-order valence-electron chi connectivity index (χ0n) is 16.1. The highest BCUT2D eigenvalue weighted by molar-refractivity contribution is 7.15. The number of hydrogen-bond acceptors (Lipinski definition) is 6. The van der Waals surface area contributed by atoms with E-state index in [9.17, 15) is 14.0 Å². The maximum Gasteiger partial charge on any atom is 0.420 e. The van der Waals surface area contributed by atoms with E-state index in [1.54, 1.807) is 47.0 Å². The third kappa shape index (κ3) is 3.61. The number of amides is 1. The Morgan fingerprint density at radius 3 is 2.84 bits per heavy atom. The van der Waals surface area contributed by atoms with E-state index in [0.717, 1.165) is 5.69 Å². The molecule has 0 saturated heterocycles. The molecule has 0 spiro atoms. The van der Waals surface area contributed by atoms with Crippen LogP contribution in [0.25, 0.3) is 27.4 Å². The van der Waals surface area contributed by atoms with Crippen molar-refractivity contribution in [1.82, 2.24) is 24.5 Å². The molecule has 0 radical (unpaired) electrons. The molecule has 2 aromatic carbocycles. The standard InChI is InChI=1S/C21H16FN5O3S/c22-15-6-2-1-5-14(15)19-24-20-27(25-19)13(12-31-20)9-10-23-18(28)11-26-16-7-3-4-8-17(16)30-21(26)29/h1-8,12H,9-11H2,(H,23,28). The topological polar surface area (TPSA) is 94.4 Å². The Morgan fingerprint density at radius 2 is 1.97 bits per heavy atom. The van der Waals surface area contributed by atoms with Crippen molar-refractivity contribution in [3.05, 3.63) is 76.0 Å². The van der Waals surface area contributed by atoms with Gasteiger partial charge in [0.15, 0.2) is 11.4 Å². The molecule has 0 aliphatic heterocycles. The van der Waals surface area contributed by atoms with Crippen LogP contribution in [0.5, 0.6) is 0 Å². The number of oxazole rings is 1. The van der Waals surface area contributed by atoms with Crippen molar-refractivity contribution in [2.45, 2.75) is 13.0 Å². The summed E-state index contributed by atoms with van der Waals surface area (Å²) in [5.74, 6) is -0.928. The Balaban J connectivity index is 1.26. The van der Waals surface area contributed by atoms with E-state index in [0.29, 0.717) is 40.4 Å². The van der Waals surface area contributed by atoms with Crippen molar-refractivity contribution < 1.29 is 13.6 Å². The summed E-state index contributed by atoms with van der Waals surface area (Å²) in [5, 5.41) is 9.12. The maximum absolute atomic E-state index is 14.0. The minimum absolute atomic E-state index is 0.129. The number of halogens is 1. The molecule has 0 fully saturated rings. The Hall–Kier alpha value is -3.79. The van der Waals surface area contributed by atoms with E-state index in [1.807, 2.05) is 5.38 Å². The smallest absolute Gasteiger partial charge is 0.408 e. The first-order valence-electron chi connectivity index (χ1n) is 9.53. The summed E-state index contributed by atoms with van der Waals surface area (Å²) in [7, 11) is 0. The predicted molar refractivity (Wildman–Crippen MR) is 113 cm³/mol. The number of benzene rings is 2. The molecule has 0 aliphatic rings. The predicted octanol–water partition coefficient (Wildman–Crippen LogP) is 2.86. The van der Waals surface area contributed by atoms with Gasteiger partial charge in [-0.05, 0) is 24.3 Å². The highest BCUT2D eigenvalue weighted by atomic mass is 32.1. The fourth-order valence-corrected chi connectivity index (χ4v) is 4.20. The van der Waals surface area contributed by atoms with Crippen molar-refractivity contribution in [3.8, 4) is 11.4 Å². The van der Waals surface area contributed by atoms with Crippen LogP contribution in [0, 0.1) is 5.82 Å². The molecule has 0 unspecified atom stereocenters. The summed E-state index contributed by atoms with van der Waals surface area (Å²) >= 11 is 1.40. The summed E-state index contributed by atoms with van der Waals surface area (Å²) in [6.45, 7) is 0.222. The first-order chi connectivity index (χ1) is 15.1. The number of carbonyl (C=O) groups is 1. The van der Waals surface area contributed by atoms with E-state index >= 15 is 0 Å². The lowest BCUT2D eigenvalue weighted by atomic mass is 10.2. The van der Waals surface area contributed by atoms with Crippen LogP contribution in [0.3, 0.4) is 0 Å².